The second-order valence-corrected chi connectivity index (χ2v) is 4.53. The van der Waals surface area contributed by atoms with E-state index < -0.39 is 0 Å². The third-order valence-electron chi connectivity index (χ3n) is 3.07. The molecule has 1 aromatic rings. The molecule has 0 saturated carbocycles. The molecule has 2 heterocycles. The first-order chi connectivity index (χ1) is 6.63. The molecule has 14 heavy (non-hydrogen) atoms. The SMILES string of the molecule is Cn1ccc(N2CCC(C)(CN)C2)n1. The molecule has 0 aliphatic carbocycles. The summed E-state index contributed by atoms with van der Waals surface area (Å²) in [5, 5.41) is 4.39. The number of aromatic nitrogens is 2. The fraction of sp³-hybridized carbons (Fsp3) is 0.700. The van der Waals surface area contributed by atoms with E-state index in [9.17, 15) is 0 Å². The second kappa shape index (κ2) is 3.28. The zero-order valence-corrected chi connectivity index (χ0v) is 8.90. The Morgan fingerprint density at radius 1 is 1.64 bits per heavy atom. The molecule has 2 rings (SSSR count). The Kier molecular flexibility index (Phi) is 2.23. The van der Waals surface area contributed by atoms with E-state index in [4.69, 9.17) is 5.73 Å². The van der Waals surface area contributed by atoms with Crippen LogP contribution in [0.4, 0.5) is 5.82 Å². The van der Waals surface area contributed by atoms with Gasteiger partial charge in [-0.1, -0.05) is 6.92 Å². The van der Waals surface area contributed by atoms with Gasteiger partial charge in [0.1, 0.15) is 0 Å². The lowest BCUT2D eigenvalue weighted by Gasteiger charge is -2.22. The number of anilines is 1. The van der Waals surface area contributed by atoms with Gasteiger partial charge in [0.25, 0.3) is 0 Å². The number of aryl methyl sites for hydroxylation is 1. The Morgan fingerprint density at radius 3 is 2.93 bits per heavy atom. The van der Waals surface area contributed by atoms with Crippen LogP contribution in [0.15, 0.2) is 12.3 Å². The molecular weight excluding hydrogens is 176 g/mol. The van der Waals surface area contributed by atoms with E-state index in [1.165, 1.54) is 6.42 Å². The van der Waals surface area contributed by atoms with Crippen molar-refractivity contribution in [1.29, 1.82) is 0 Å². The molecule has 4 heteroatoms. The predicted octanol–water partition coefficient (Wildman–Crippen LogP) is 0.595. The van der Waals surface area contributed by atoms with E-state index in [1.54, 1.807) is 0 Å². The standard InChI is InChI=1S/C10H18N4/c1-10(7-11)4-6-14(8-10)9-3-5-13(2)12-9/h3,5H,4,6-8,11H2,1-2H3. The van der Waals surface area contributed by atoms with Crippen LogP contribution >= 0.6 is 0 Å². The van der Waals surface area contributed by atoms with Crippen LogP contribution in [0.25, 0.3) is 0 Å². The number of hydrogen-bond donors (Lipinski definition) is 1. The van der Waals surface area contributed by atoms with Crippen LogP contribution in [-0.4, -0.2) is 29.4 Å². The van der Waals surface area contributed by atoms with Crippen LogP contribution in [0, 0.1) is 5.41 Å². The normalized spacial score (nSPS) is 27.2. The average molecular weight is 194 g/mol. The van der Waals surface area contributed by atoms with Crippen molar-refractivity contribution in [2.24, 2.45) is 18.2 Å². The van der Waals surface area contributed by atoms with Crippen molar-refractivity contribution in [3.05, 3.63) is 12.3 Å². The van der Waals surface area contributed by atoms with Crippen molar-refractivity contribution >= 4 is 5.82 Å². The first-order valence-corrected chi connectivity index (χ1v) is 5.08. The van der Waals surface area contributed by atoms with Gasteiger partial charge >= 0.3 is 0 Å². The lowest BCUT2D eigenvalue weighted by Crippen LogP contribution is -2.31. The van der Waals surface area contributed by atoms with Gasteiger partial charge < -0.3 is 10.6 Å². The molecular formula is C10H18N4. The van der Waals surface area contributed by atoms with E-state index in [-0.39, 0.29) is 5.41 Å². The molecule has 0 radical (unpaired) electrons. The molecule has 4 nitrogen and oxygen atoms in total. The van der Waals surface area contributed by atoms with Gasteiger partial charge in [-0.25, -0.2) is 0 Å². The maximum absolute atomic E-state index is 5.76. The summed E-state index contributed by atoms with van der Waals surface area (Å²) in [4.78, 5) is 2.31. The highest BCUT2D eigenvalue weighted by molar-refractivity contribution is 5.39. The summed E-state index contributed by atoms with van der Waals surface area (Å²) in [6.07, 6.45) is 3.15. The van der Waals surface area contributed by atoms with E-state index in [0.717, 1.165) is 25.5 Å². The first kappa shape index (κ1) is 9.52. The van der Waals surface area contributed by atoms with Crippen molar-refractivity contribution < 1.29 is 0 Å². The molecule has 1 unspecified atom stereocenters. The zero-order valence-electron chi connectivity index (χ0n) is 8.90. The Morgan fingerprint density at radius 2 is 2.43 bits per heavy atom. The molecule has 0 aromatic carbocycles. The zero-order chi connectivity index (χ0) is 10.2. The monoisotopic (exact) mass is 194 g/mol. The van der Waals surface area contributed by atoms with Crippen molar-refractivity contribution in [2.45, 2.75) is 13.3 Å². The average Bonchev–Trinajstić information content (AvgIpc) is 2.73. The Balaban J connectivity index is 2.09. The molecule has 1 atom stereocenters. The minimum Gasteiger partial charge on any atom is -0.355 e. The van der Waals surface area contributed by atoms with Gasteiger partial charge in [0.2, 0.25) is 0 Å². The summed E-state index contributed by atoms with van der Waals surface area (Å²) < 4.78 is 1.84. The summed E-state index contributed by atoms with van der Waals surface area (Å²) >= 11 is 0. The summed E-state index contributed by atoms with van der Waals surface area (Å²) in [6.45, 7) is 5.11. The molecule has 2 N–H and O–H groups in total. The fourth-order valence-electron chi connectivity index (χ4n) is 1.96. The Bertz CT molecular complexity index is 320. The van der Waals surface area contributed by atoms with E-state index >= 15 is 0 Å². The van der Waals surface area contributed by atoms with Gasteiger partial charge in [-0.05, 0) is 18.4 Å². The van der Waals surface area contributed by atoms with Crippen molar-refractivity contribution in [2.75, 3.05) is 24.5 Å². The van der Waals surface area contributed by atoms with Crippen LogP contribution in [0.1, 0.15) is 13.3 Å². The fourth-order valence-corrected chi connectivity index (χ4v) is 1.96. The largest absolute Gasteiger partial charge is 0.355 e. The molecule has 1 aliphatic rings. The Hall–Kier alpha value is -1.03. The summed E-state index contributed by atoms with van der Waals surface area (Å²) in [5.41, 5.74) is 6.04. The van der Waals surface area contributed by atoms with Crippen LogP contribution < -0.4 is 10.6 Å². The second-order valence-electron chi connectivity index (χ2n) is 4.53. The minimum absolute atomic E-state index is 0.275. The van der Waals surface area contributed by atoms with Crippen LogP contribution in [-0.2, 0) is 7.05 Å². The lowest BCUT2D eigenvalue weighted by molar-refractivity contribution is 0.383. The smallest absolute Gasteiger partial charge is 0.150 e. The third-order valence-corrected chi connectivity index (χ3v) is 3.07. The highest BCUT2D eigenvalue weighted by Crippen LogP contribution is 2.31. The van der Waals surface area contributed by atoms with Crippen LogP contribution in [0.5, 0.6) is 0 Å². The number of hydrogen-bond acceptors (Lipinski definition) is 3. The highest BCUT2D eigenvalue weighted by Gasteiger charge is 2.33. The summed E-state index contributed by atoms with van der Waals surface area (Å²) in [7, 11) is 1.95. The molecule has 78 valence electrons. The topological polar surface area (TPSA) is 47.1 Å². The molecule has 1 aromatic heterocycles. The maximum atomic E-state index is 5.76. The molecule has 0 amide bonds. The van der Waals surface area contributed by atoms with Crippen LogP contribution in [0.3, 0.4) is 0 Å². The van der Waals surface area contributed by atoms with Gasteiger partial charge in [0.05, 0.1) is 0 Å². The number of nitrogens with two attached hydrogens (primary N) is 1. The molecule has 1 saturated heterocycles. The van der Waals surface area contributed by atoms with Crippen molar-refractivity contribution in [3.8, 4) is 0 Å². The molecule has 1 fully saturated rings. The van der Waals surface area contributed by atoms with E-state index in [0.29, 0.717) is 0 Å². The van der Waals surface area contributed by atoms with Gasteiger partial charge in [-0.2, -0.15) is 5.10 Å². The molecule has 0 spiro atoms. The molecule has 0 bridgehead atoms. The summed E-state index contributed by atoms with van der Waals surface area (Å²) in [5.74, 6) is 1.07. The van der Waals surface area contributed by atoms with E-state index in [1.807, 2.05) is 17.9 Å². The van der Waals surface area contributed by atoms with Gasteiger partial charge in [-0.15, -0.1) is 0 Å². The first-order valence-electron chi connectivity index (χ1n) is 5.08. The van der Waals surface area contributed by atoms with Crippen LogP contribution in [0.2, 0.25) is 0 Å². The number of rotatable bonds is 2. The Labute approximate surface area is 84.7 Å². The third kappa shape index (κ3) is 1.62. The van der Waals surface area contributed by atoms with Crippen molar-refractivity contribution in [3.63, 3.8) is 0 Å². The van der Waals surface area contributed by atoms with Gasteiger partial charge in [0, 0.05) is 32.4 Å². The van der Waals surface area contributed by atoms with Gasteiger partial charge in [-0.3, -0.25) is 4.68 Å². The number of nitrogens with zero attached hydrogens (tertiary/aromatic N) is 3. The predicted molar refractivity (Wildman–Crippen MR) is 57.2 cm³/mol. The van der Waals surface area contributed by atoms with Gasteiger partial charge in [0.15, 0.2) is 5.82 Å². The maximum Gasteiger partial charge on any atom is 0.150 e. The lowest BCUT2D eigenvalue weighted by atomic mass is 9.90. The van der Waals surface area contributed by atoms with Crippen molar-refractivity contribution in [1.82, 2.24) is 9.78 Å². The quantitative estimate of drug-likeness (QED) is 0.749. The summed E-state index contributed by atoms with van der Waals surface area (Å²) in [6, 6.07) is 2.06. The van der Waals surface area contributed by atoms with E-state index in [2.05, 4.69) is 23.0 Å². The highest BCUT2D eigenvalue weighted by atomic mass is 15.3. The minimum atomic E-state index is 0.275. The molecule has 1 aliphatic heterocycles.